The van der Waals surface area contributed by atoms with E-state index in [4.69, 9.17) is 4.74 Å². The number of nitrogens with zero attached hydrogens (tertiary/aromatic N) is 1. The van der Waals surface area contributed by atoms with E-state index >= 15 is 0 Å². The SMILES string of the molecule is O=C(COC(=O)CN1C(=O)CSc2ccccc21)NC1CCCCC1. The highest BCUT2D eigenvalue weighted by atomic mass is 32.2. The van der Waals surface area contributed by atoms with Gasteiger partial charge < -0.3 is 10.1 Å². The fourth-order valence-electron chi connectivity index (χ4n) is 3.16. The molecule has 0 saturated heterocycles. The first-order valence-corrected chi connectivity index (χ1v) is 9.59. The number of para-hydroxylation sites is 1. The first kappa shape index (κ1) is 17.8. The molecule has 1 aromatic rings. The molecule has 1 fully saturated rings. The minimum absolute atomic E-state index is 0.132. The molecule has 0 bridgehead atoms. The molecule has 1 N–H and O–H groups in total. The van der Waals surface area contributed by atoms with Gasteiger partial charge in [-0.3, -0.25) is 19.3 Å². The molecule has 1 saturated carbocycles. The predicted octanol–water partition coefficient (Wildman–Crippen LogP) is 2.12. The number of carbonyl (C=O) groups is 3. The lowest BCUT2D eigenvalue weighted by atomic mass is 9.95. The van der Waals surface area contributed by atoms with Gasteiger partial charge in [0.2, 0.25) is 5.91 Å². The zero-order valence-electron chi connectivity index (χ0n) is 14.0. The quantitative estimate of drug-likeness (QED) is 0.812. The van der Waals surface area contributed by atoms with E-state index in [1.54, 1.807) is 0 Å². The van der Waals surface area contributed by atoms with Crippen molar-refractivity contribution in [2.75, 3.05) is 23.8 Å². The molecule has 6 nitrogen and oxygen atoms in total. The Balaban J connectivity index is 1.49. The van der Waals surface area contributed by atoms with Crippen LogP contribution in [0.3, 0.4) is 0 Å². The Morgan fingerprint density at radius 1 is 1.20 bits per heavy atom. The molecule has 1 aliphatic carbocycles. The number of hydrogen-bond donors (Lipinski definition) is 1. The summed E-state index contributed by atoms with van der Waals surface area (Å²) in [5.74, 6) is -0.686. The Morgan fingerprint density at radius 3 is 2.76 bits per heavy atom. The van der Waals surface area contributed by atoms with Gasteiger partial charge in [-0.1, -0.05) is 31.4 Å². The van der Waals surface area contributed by atoms with E-state index in [2.05, 4.69) is 5.32 Å². The van der Waals surface area contributed by atoms with Crippen LogP contribution >= 0.6 is 11.8 Å². The van der Waals surface area contributed by atoms with Crippen LogP contribution in [-0.2, 0) is 19.1 Å². The van der Waals surface area contributed by atoms with Gasteiger partial charge in [0, 0.05) is 10.9 Å². The average Bonchev–Trinajstić information content (AvgIpc) is 2.63. The predicted molar refractivity (Wildman–Crippen MR) is 95.5 cm³/mol. The van der Waals surface area contributed by atoms with Crippen LogP contribution in [0.5, 0.6) is 0 Å². The molecule has 25 heavy (non-hydrogen) atoms. The van der Waals surface area contributed by atoms with E-state index in [1.165, 1.54) is 23.1 Å². The molecule has 3 rings (SSSR count). The number of fused-ring (bicyclic) bond motifs is 1. The van der Waals surface area contributed by atoms with Gasteiger partial charge in [0.1, 0.15) is 6.54 Å². The molecule has 1 heterocycles. The Hall–Kier alpha value is -2.02. The van der Waals surface area contributed by atoms with Gasteiger partial charge in [-0.05, 0) is 25.0 Å². The summed E-state index contributed by atoms with van der Waals surface area (Å²) in [5.41, 5.74) is 0.715. The average molecular weight is 362 g/mol. The number of benzene rings is 1. The summed E-state index contributed by atoms with van der Waals surface area (Å²) in [6.45, 7) is -0.471. The third kappa shape index (κ3) is 4.75. The Kier molecular flexibility index (Phi) is 5.96. The molecular formula is C18H22N2O4S. The van der Waals surface area contributed by atoms with Crippen molar-refractivity contribution in [2.45, 2.75) is 43.0 Å². The summed E-state index contributed by atoms with van der Waals surface area (Å²) in [4.78, 5) is 38.5. The van der Waals surface area contributed by atoms with Crippen LogP contribution in [0.4, 0.5) is 5.69 Å². The van der Waals surface area contributed by atoms with Gasteiger partial charge in [0.25, 0.3) is 5.91 Å². The summed E-state index contributed by atoms with van der Waals surface area (Å²) in [6, 6.07) is 7.64. The molecular weight excluding hydrogens is 340 g/mol. The molecule has 0 spiro atoms. The number of anilines is 1. The molecule has 1 aromatic carbocycles. The van der Waals surface area contributed by atoms with E-state index in [9.17, 15) is 14.4 Å². The maximum Gasteiger partial charge on any atom is 0.326 e. The minimum atomic E-state index is -0.575. The second-order valence-corrected chi connectivity index (χ2v) is 7.32. The van der Waals surface area contributed by atoms with Crippen LogP contribution in [-0.4, -0.2) is 42.7 Å². The number of hydrogen-bond acceptors (Lipinski definition) is 5. The summed E-state index contributed by atoms with van der Waals surface area (Å²) in [5, 5.41) is 2.90. The van der Waals surface area contributed by atoms with Crippen molar-refractivity contribution in [1.29, 1.82) is 0 Å². The molecule has 0 atom stereocenters. The number of thioether (sulfide) groups is 1. The number of ether oxygens (including phenoxy) is 1. The van der Waals surface area contributed by atoms with Crippen molar-refractivity contribution in [2.24, 2.45) is 0 Å². The van der Waals surface area contributed by atoms with Gasteiger partial charge in [-0.2, -0.15) is 0 Å². The van der Waals surface area contributed by atoms with Crippen molar-refractivity contribution < 1.29 is 19.1 Å². The van der Waals surface area contributed by atoms with Crippen LogP contribution in [0.2, 0.25) is 0 Å². The van der Waals surface area contributed by atoms with Crippen LogP contribution in [0.25, 0.3) is 0 Å². The monoisotopic (exact) mass is 362 g/mol. The van der Waals surface area contributed by atoms with Crippen molar-refractivity contribution in [3.8, 4) is 0 Å². The van der Waals surface area contributed by atoms with Crippen LogP contribution < -0.4 is 10.2 Å². The number of rotatable bonds is 5. The Labute approximate surface area is 151 Å². The molecule has 2 aliphatic rings. The van der Waals surface area contributed by atoms with E-state index in [0.29, 0.717) is 11.4 Å². The molecule has 0 aromatic heterocycles. The number of esters is 1. The largest absolute Gasteiger partial charge is 0.454 e. The Bertz CT molecular complexity index is 658. The summed E-state index contributed by atoms with van der Waals surface area (Å²) in [7, 11) is 0. The van der Waals surface area contributed by atoms with E-state index in [0.717, 1.165) is 30.6 Å². The van der Waals surface area contributed by atoms with Crippen molar-refractivity contribution >= 4 is 35.2 Å². The van der Waals surface area contributed by atoms with Crippen LogP contribution in [0.1, 0.15) is 32.1 Å². The molecule has 7 heteroatoms. The zero-order chi connectivity index (χ0) is 17.6. The second-order valence-electron chi connectivity index (χ2n) is 6.30. The minimum Gasteiger partial charge on any atom is -0.454 e. The topological polar surface area (TPSA) is 75.7 Å². The summed E-state index contributed by atoms with van der Waals surface area (Å²) in [6.07, 6.45) is 5.43. The lowest BCUT2D eigenvalue weighted by molar-refractivity contribution is -0.147. The normalized spacial score (nSPS) is 17.8. The van der Waals surface area contributed by atoms with Gasteiger partial charge >= 0.3 is 5.97 Å². The van der Waals surface area contributed by atoms with Gasteiger partial charge in [-0.15, -0.1) is 11.8 Å². The van der Waals surface area contributed by atoms with Gasteiger partial charge in [0.15, 0.2) is 6.61 Å². The third-order valence-corrected chi connectivity index (χ3v) is 5.48. The van der Waals surface area contributed by atoms with E-state index < -0.39 is 5.97 Å². The van der Waals surface area contributed by atoms with Crippen LogP contribution in [0.15, 0.2) is 29.2 Å². The summed E-state index contributed by atoms with van der Waals surface area (Å²) >= 11 is 1.46. The first-order chi connectivity index (χ1) is 12.1. The maximum atomic E-state index is 12.1. The van der Waals surface area contributed by atoms with Crippen molar-refractivity contribution in [3.63, 3.8) is 0 Å². The summed E-state index contributed by atoms with van der Waals surface area (Å²) < 4.78 is 5.06. The molecule has 0 unspecified atom stereocenters. The highest BCUT2D eigenvalue weighted by molar-refractivity contribution is 8.00. The fraction of sp³-hybridized carbons (Fsp3) is 0.500. The molecule has 0 radical (unpaired) electrons. The van der Waals surface area contributed by atoms with E-state index in [-0.39, 0.29) is 31.0 Å². The number of carbonyl (C=O) groups excluding carboxylic acids is 3. The standard InChI is InChI=1S/C18H22N2O4S/c21-16(19-13-6-2-1-3-7-13)11-24-18(23)10-20-14-8-4-5-9-15(14)25-12-17(20)22/h4-5,8-9,13H,1-3,6-7,10-12H2,(H,19,21). The second kappa shape index (κ2) is 8.38. The first-order valence-electron chi connectivity index (χ1n) is 8.60. The number of nitrogens with one attached hydrogen (secondary N) is 1. The van der Waals surface area contributed by atoms with Crippen molar-refractivity contribution in [1.82, 2.24) is 5.32 Å². The lowest BCUT2D eigenvalue weighted by Crippen LogP contribution is -2.42. The van der Waals surface area contributed by atoms with E-state index in [1.807, 2.05) is 24.3 Å². The zero-order valence-corrected chi connectivity index (χ0v) is 14.8. The van der Waals surface area contributed by atoms with Crippen LogP contribution in [0, 0.1) is 0 Å². The molecule has 2 amide bonds. The lowest BCUT2D eigenvalue weighted by Gasteiger charge is -2.28. The smallest absolute Gasteiger partial charge is 0.326 e. The third-order valence-electron chi connectivity index (χ3n) is 4.43. The van der Waals surface area contributed by atoms with Crippen molar-refractivity contribution in [3.05, 3.63) is 24.3 Å². The molecule has 1 aliphatic heterocycles. The maximum absolute atomic E-state index is 12.1. The van der Waals surface area contributed by atoms with Gasteiger partial charge in [0.05, 0.1) is 11.4 Å². The van der Waals surface area contributed by atoms with Gasteiger partial charge in [-0.25, -0.2) is 0 Å². The molecule has 134 valence electrons. The Morgan fingerprint density at radius 2 is 1.96 bits per heavy atom. The fourth-order valence-corrected chi connectivity index (χ4v) is 4.10. The highest BCUT2D eigenvalue weighted by Crippen LogP contribution is 2.34. The highest BCUT2D eigenvalue weighted by Gasteiger charge is 2.27. The number of amides is 2.